The summed E-state index contributed by atoms with van der Waals surface area (Å²) in [6.07, 6.45) is -4.45. The highest BCUT2D eigenvalue weighted by atomic mass is 32.2. The molecule has 0 atom stereocenters. The Bertz CT molecular complexity index is 1840. The van der Waals surface area contributed by atoms with Crippen LogP contribution in [0.3, 0.4) is 0 Å². The molecule has 6 N–H and O–H groups in total. The minimum absolute atomic E-state index is 0.0450. The van der Waals surface area contributed by atoms with Crippen LogP contribution in [0.1, 0.15) is 27.3 Å². The van der Waals surface area contributed by atoms with Gasteiger partial charge in [-0.05, 0) is 49.2 Å². The Morgan fingerprint density at radius 2 is 1.65 bits per heavy atom. The van der Waals surface area contributed by atoms with Crippen molar-refractivity contribution in [1.29, 1.82) is 5.41 Å². The third kappa shape index (κ3) is 6.57. The maximum Gasteiger partial charge on any atom is 0.490 e. The zero-order valence-corrected chi connectivity index (χ0v) is 23.3. The largest absolute Gasteiger partial charge is 0.490 e. The topological polar surface area (TPSA) is 185 Å². The van der Waals surface area contributed by atoms with Gasteiger partial charge in [-0.1, -0.05) is 42.5 Å². The third-order valence-corrected chi connectivity index (χ3v) is 7.51. The second-order valence-corrected chi connectivity index (χ2v) is 10.9. The molecule has 1 aromatic heterocycles. The number of anilines is 1. The van der Waals surface area contributed by atoms with Gasteiger partial charge in [-0.2, -0.15) is 18.3 Å². The normalized spacial score (nSPS) is 13.1. The summed E-state index contributed by atoms with van der Waals surface area (Å²) in [6.45, 7) is 2.36. The van der Waals surface area contributed by atoms with Gasteiger partial charge in [0, 0.05) is 28.9 Å². The molecular weight excluding hydrogens is 589 g/mol. The fourth-order valence-electron chi connectivity index (χ4n) is 4.54. The Morgan fingerprint density at radius 3 is 2.23 bits per heavy atom. The molecule has 1 aliphatic rings. The Kier molecular flexibility index (Phi) is 8.41. The Morgan fingerprint density at radius 1 is 1.02 bits per heavy atom. The van der Waals surface area contributed by atoms with Crippen molar-refractivity contribution in [2.45, 2.75) is 24.4 Å². The monoisotopic (exact) mass is 614 g/mol. The summed E-state index contributed by atoms with van der Waals surface area (Å²) in [5.74, 6) is -3.01. The van der Waals surface area contributed by atoms with Gasteiger partial charge in [0.15, 0.2) is 0 Å². The van der Waals surface area contributed by atoms with Crippen LogP contribution in [0.25, 0.3) is 16.8 Å². The van der Waals surface area contributed by atoms with Gasteiger partial charge in [0.1, 0.15) is 11.5 Å². The molecule has 2 heterocycles. The summed E-state index contributed by atoms with van der Waals surface area (Å²) in [5.41, 5.74) is 10.9. The van der Waals surface area contributed by atoms with Crippen molar-refractivity contribution < 1.29 is 36.3 Å². The van der Waals surface area contributed by atoms with E-state index in [0.29, 0.717) is 46.7 Å². The fourth-order valence-corrected chi connectivity index (χ4v) is 5.30. The maximum absolute atomic E-state index is 13.7. The van der Waals surface area contributed by atoms with Crippen molar-refractivity contribution in [3.8, 4) is 16.8 Å². The Balaban J connectivity index is 0.000000541. The molecule has 0 bridgehead atoms. The van der Waals surface area contributed by atoms with E-state index in [2.05, 4.69) is 5.10 Å². The highest BCUT2D eigenvalue weighted by Gasteiger charge is 2.38. The molecule has 0 spiro atoms. The van der Waals surface area contributed by atoms with Crippen LogP contribution in [-0.4, -0.2) is 53.7 Å². The fraction of sp³-hybridized carbons (Fsp3) is 0.143. The molecule has 0 aliphatic carbocycles. The lowest BCUT2D eigenvalue weighted by molar-refractivity contribution is -0.192. The molecule has 1 amide bonds. The first kappa shape index (κ1) is 30.9. The van der Waals surface area contributed by atoms with Crippen LogP contribution in [0.15, 0.2) is 77.7 Å². The summed E-state index contributed by atoms with van der Waals surface area (Å²) in [7, 11) is -3.89. The summed E-state index contributed by atoms with van der Waals surface area (Å²) in [4.78, 5) is 24.3. The van der Waals surface area contributed by atoms with Crippen LogP contribution < -0.4 is 15.8 Å². The first-order valence-electron chi connectivity index (χ1n) is 12.5. The number of amides is 1. The van der Waals surface area contributed by atoms with Gasteiger partial charge in [0.25, 0.3) is 5.91 Å². The summed E-state index contributed by atoms with van der Waals surface area (Å²) >= 11 is 0. The van der Waals surface area contributed by atoms with E-state index >= 15 is 0 Å². The van der Waals surface area contributed by atoms with Gasteiger partial charge in [-0.15, -0.1) is 0 Å². The van der Waals surface area contributed by atoms with Crippen LogP contribution in [0.2, 0.25) is 0 Å². The second-order valence-electron chi connectivity index (χ2n) is 9.39. The molecule has 11 nitrogen and oxygen atoms in total. The second kappa shape index (κ2) is 11.7. The molecule has 0 unspecified atom stereocenters. The van der Waals surface area contributed by atoms with E-state index in [1.54, 1.807) is 70.2 Å². The number of aliphatic carboxylic acids is 1. The molecule has 4 aromatic rings. The predicted octanol–water partition coefficient (Wildman–Crippen LogP) is 3.62. The number of halogens is 3. The van der Waals surface area contributed by atoms with Crippen LogP contribution >= 0.6 is 0 Å². The van der Waals surface area contributed by atoms with E-state index in [-0.39, 0.29) is 16.6 Å². The van der Waals surface area contributed by atoms with E-state index in [1.807, 2.05) is 13.0 Å². The minimum Gasteiger partial charge on any atom is -0.475 e. The van der Waals surface area contributed by atoms with Crippen molar-refractivity contribution in [1.82, 2.24) is 9.78 Å². The zero-order chi connectivity index (χ0) is 31.7. The average molecular weight is 615 g/mol. The number of nitrogen functional groups attached to an aromatic ring is 1. The van der Waals surface area contributed by atoms with Crippen molar-refractivity contribution in [2.75, 3.05) is 11.4 Å². The average Bonchev–Trinajstić information content (AvgIpc) is 3.30. The molecule has 224 valence electrons. The molecule has 43 heavy (non-hydrogen) atoms. The van der Waals surface area contributed by atoms with Crippen LogP contribution in [-0.2, 0) is 21.2 Å². The molecule has 0 saturated carbocycles. The number of carbonyl (C=O) groups excluding carboxylic acids is 1. The molecule has 15 heteroatoms. The SMILES string of the molecule is Cc1nn(-c2cccc(C(=N)N)c2)c2c1CCN(c1ccc(-c3ccccc3S(N)(=O)=O)cc1)C2=O.O=C(O)C(F)(F)F. The number of aromatic nitrogens is 2. The van der Waals surface area contributed by atoms with Crippen LogP contribution in [0.5, 0.6) is 0 Å². The summed E-state index contributed by atoms with van der Waals surface area (Å²) in [5, 5.41) is 24.9. The number of carboxylic acid groups (broad SMARTS) is 1. The minimum atomic E-state index is -5.08. The standard InChI is InChI=1S/C26H24N6O3S.C2HF3O2/c1-16-21-13-14-31(26(33)24(21)32(30-16)20-6-4-5-18(15-20)25(27)28)19-11-9-17(10-12-19)22-7-2-3-8-23(22)36(29,34)35;3-2(4,5)1(6)7/h2-12,15H,13-14H2,1H3,(H3,27,28)(H2,29,34,35);(H,6,7). The smallest absolute Gasteiger partial charge is 0.475 e. The first-order valence-corrected chi connectivity index (χ1v) is 14.0. The van der Waals surface area contributed by atoms with Crippen molar-refractivity contribution in [2.24, 2.45) is 10.9 Å². The van der Waals surface area contributed by atoms with Gasteiger partial charge in [-0.25, -0.2) is 23.0 Å². The molecule has 5 rings (SSSR count). The number of amidine groups is 1. The Labute approximate surface area is 243 Å². The van der Waals surface area contributed by atoms with E-state index in [1.165, 1.54) is 6.07 Å². The van der Waals surface area contributed by atoms with Gasteiger partial charge in [0.2, 0.25) is 10.0 Å². The van der Waals surface area contributed by atoms with Gasteiger partial charge >= 0.3 is 12.1 Å². The van der Waals surface area contributed by atoms with Crippen LogP contribution in [0.4, 0.5) is 18.9 Å². The van der Waals surface area contributed by atoms with Crippen molar-refractivity contribution >= 4 is 33.4 Å². The van der Waals surface area contributed by atoms with Crippen molar-refractivity contribution in [3.63, 3.8) is 0 Å². The highest BCUT2D eigenvalue weighted by Crippen LogP contribution is 2.32. The Hall–Kier alpha value is -5.02. The van der Waals surface area contributed by atoms with Crippen LogP contribution in [0, 0.1) is 12.3 Å². The van der Waals surface area contributed by atoms with Gasteiger partial charge in [0.05, 0.1) is 16.3 Å². The molecule has 3 aromatic carbocycles. The third-order valence-electron chi connectivity index (χ3n) is 6.55. The molecular formula is C28H25F3N6O5S. The van der Waals surface area contributed by atoms with E-state index in [0.717, 1.165) is 11.3 Å². The van der Waals surface area contributed by atoms with E-state index in [9.17, 15) is 26.4 Å². The first-order chi connectivity index (χ1) is 20.1. The number of sulfonamides is 1. The lowest BCUT2D eigenvalue weighted by Crippen LogP contribution is -2.38. The maximum atomic E-state index is 13.7. The number of carboxylic acids is 1. The van der Waals surface area contributed by atoms with Crippen molar-refractivity contribution in [3.05, 3.63) is 95.3 Å². The molecule has 0 radical (unpaired) electrons. The zero-order valence-electron chi connectivity index (χ0n) is 22.5. The van der Waals surface area contributed by atoms with E-state index < -0.39 is 22.2 Å². The number of nitrogens with two attached hydrogens (primary N) is 2. The number of alkyl halides is 3. The van der Waals surface area contributed by atoms with Gasteiger partial charge < -0.3 is 15.7 Å². The van der Waals surface area contributed by atoms with E-state index in [4.69, 9.17) is 26.2 Å². The summed E-state index contributed by atoms with van der Waals surface area (Å²) < 4.78 is 57.4. The number of nitrogens with zero attached hydrogens (tertiary/aromatic N) is 3. The summed E-state index contributed by atoms with van der Waals surface area (Å²) in [6, 6.07) is 20.8. The quantitative estimate of drug-likeness (QED) is 0.195. The molecule has 0 fully saturated rings. The number of rotatable bonds is 5. The lowest BCUT2D eigenvalue weighted by Gasteiger charge is -2.28. The predicted molar refractivity (Wildman–Crippen MR) is 152 cm³/mol. The number of primary sulfonamides is 1. The number of benzene rings is 3. The number of nitrogens with one attached hydrogen (secondary N) is 1. The number of hydrogen-bond acceptors (Lipinski definition) is 6. The number of fused-ring (bicyclic) bond motifs is 1. The molecule has 1 aliphatic heterocycles. The number of carbonyl (C=O) groups is 2. The number of aryl methyl sites for hydroxylation is 1. The highest BCUT2D eigenvalue weighted by molar-refractivity contribution is 7.89. The number of hydrogen-bond donors (Lipinski definition) is 4. The van der Waals surface area contributed by atoms with Gasteiger partial charge in [-0.3, -0.25) is 10.2 Å². The molecule has 0 saturated heterocycles. The lowest BCUT2D eigenvalue weighted by atomic mass is 10.0.